The third-order valence-electron chi connectivity index (χ3n) is 5.21. The molecule has 29 heavy (non-hydrogen) atoms. The van der Waals surface area contributed by atoms with Gasteiger partial charge >= 0.3 is 6.18 Å². The predicted molar refractivity (Wildman–Crippen MR) is 100 cm³/mol. The fraction of sp³-hybridized carbons (Fsp3) is 0.333. The van der Waals surface area contributed by atoms with Crippen LogP contribution in [0.2, 0.25) is 0 Å². The SMILES string of the molecule is CC(=O)NCc1cc(C(=O)NC2c3ccccc3CC2(O)C(F)(F)F)ccc1C. The Labute approximate surface area is 165 Å². The first-order valence-corrected chi connectivity index (χ1v) is 9.04. The van der Waals surface area contributed by atoms with Crippen LogP contribution in [0.3, 0.4) is 0 Å². The van der Waals surface area contributed by atoms with Crippen LogP contribution in [-0.2, 0) is 17.8 Å². The summed E-state index contributed by atoms with van der Waals surface area (Å²) in [7, 11) is 0. The van der Waals surface area contributed by atoms with E-state index in [9.17, 15) is 27.9 Å². The first-order chi connectivity index (χ1) is 13.5. The van der Waals surface area contributed by atoms with Gasteiger partial charge in [0, 0.05) is 25.5 Å². The summed E-state index contributed by atoms with van der Waals surface area (Å²) >= 11 is 0. The Morgan fingerprint density at radius 3 is 2.55 bits per heavy atom. The van der Waals surface area contributed by atoms with Crippen molar-refractivity contribution in [2.24, 2.45) is 0 Å². The minimum absolute atomic E-state index is 0.143. The van der Waals surface area contributed by atoms with Crippen LogP contribution in [0.25, 0.3) is 0 Å². The van der Waals surface area contributed by atoms with E-state index in [0.717, 1.165) is 5.56 Å². The molecule has 1 aliphatic rings. The van der Waals surface area contributed by atoms with Crippen molar-refractivity contribution in [3.05, 3.63) is 70.3 Å². The number of carbonyl (C=O) groups is 2. The van der Waals surface area contributed by atoms with Crippen LogP contribution < -0.4 is 10.6 Å². The maximum atomic E-state index is 13.7. The molecule has 2 amide bonds. The van der Waals surface area contributed by atoms with Crippen LogP contribution in [0.1, 0.15) is 45.6 Å². The van der Waals surface area contributed by atoms with Gasteiger partial charge in [-0.15, -0.1) is 0 Å². The molecule has 154 valence electrons. The second-order valence-corrected chi connectivity index (χ2v) is 7.26. The van der Waals surface area contributed by atoms with Crippen molar-refractivity contribution in [2.75, 3.05) is 0 Å². The van der Waals surface area contributed by atoms with Crippen molar-refractivity contribution in [3.63, 3.8) is 0 Å². The topological polar surface area (TPSA) is 78.4 Å². The molecule has 0 saturated heterocycles. The Bertz CT molecular complexity index is 958. The summed E-state index contributed by atoms with van der Waals surface area (Å²) in [6, 6.07) is 9.20. The number of aliphatic hydroxyl groups is 1. The molecule has 0 bridgehead atoms. The number of hydrogen-bond donors (Lipinski definition) is 3. The largest absolute Gasteiger partial charge is 0.419 e. The molecule has 0 radical (unpaired) electrons. The lowest BCUT2D eigenvalue weighted by Gasteiger charge is -2.33. The van der Waals surface area contributed by atoms with E-state index in [-0.39, 0.29) is 23.6 Å². The molecule has 0 fully saturated rings. The van der Waals surface area contributed by atoms with Crippen LogP contribution in [0, 0.1) is 6.92 Å². The third kappa shape index (κ3) is 3.98. The van der Waals surface area contributed by atoms with E-state index >= 15 is 0 Å². The molecule has 3 rings (SSSR count). The number of benzene rings is 2. The van der Waals surface area contributed by atoms with Crippen molar-refractivity contribution in [1.29, 1.82) is 0 Å². The second-order valence-electron chi connectivity index (χ2n) is 7.26. The highest BCUT2D eigenvalue weighted by atomic mass is 19.4. The van der Waals surface area contributed by atoms with Gasteiger partial charge in [0.15, 0.2) is 5.60 Å². The summed E-state index contributed by atoms with van der Waals surface area (Å²) in [5, 5.41) is 15.5. The summed E-state index contributed by atoms with van der Waals surface area (Å²) in [6.45, 7) is 3.36. The van der Waals surface area contributed by atoms with E-state index in [1.165, 1.54) is 31.2 Å². The summed E-state index contributed by atoms with van der Waals surface area (Å²) < 4.78 is 41.0. The Hall–Kier alpha value is -2.87. The molecule has 0 spiro atoms. The van der Waals surface area contributed by atoms with Crippen LogP contribution in [0.5, 0.6) is 0 Å². The quantitative estimate of drug-likeness (QED) is 0.731. The summed E-state index contributed by atoms with van der Waals surface area (Å²) in [5.74, 6) is -0.976. The molecule has 0 heterocycles. The van der Waals surface area contributed by atoms with Gasteiger partial charge in [0.2, 0.25) is 5.91 Å². The average Bonchev–Trinajstić information content (AvgIpc) is 2.94. The van der Waals surface area contributed by atoms with Crippen LogP contribution in [-0.4, -0.2) is 28.7 Å². The highest BCUT2D eigenvalue weighted by Crippen LogP contribution is 2.48. The van der Waals surface area contributed by atoms with Gasteiger partial charge in [-0.25, -0.2) is 0 Å². The predicted octanol–water partition coefficient (Wildman–Crippen LogP) is 2.95. The molecule has 3 N–H and O–H groups in total. The zero-order valence-electron chi connectivity index (χ0n) is 15.9. The van der Waals surface area contributed by atoms with Gasteiger partial charge in [-0.2, -0.15) is 13.2 Å². The number of aryl methyl sites for hydroxylation is 1. The lowest BCUT2D eigenvalue weighted by Crippen LogP contribution is -2.54. The van der Waals surface area contributed by atoms with E-state index in [4.69, 9.17) is 0 Å². The van der Waals surface area contributed by atoms with Crippen LogP contribution in [0.15, 0.2) is 42.5 Å². The molecule has 0 aliphatic heterocycles. The third-order valence-corrected chi connectivity index (χ3v) is 5.21. The van der Waals surface area contributed by atoms with Gasteiger partial charge in [0.1, 0.15) is 0 Å². The highest BCUT2D eigenvalue weighted by Gasteiger charge is 2.62. The van der Waals surface area contributed by atoms with Gasteiger partial charge < -0.3 is 15.7 Å². The minimum Gasteiger partial charge on any atom is -0.378 e. The van der Waals surface area contributed by atoms with E-state index in [1.54, 1.807) is 25.1 Å². The smallest absolute Gasteiger partial charge is 0.378 e. The maximum Gasteiger partial charge on any atom is 0.419 e. The number of fused-ring (bicyclic) bond motifs is 1. The van der Waals surface area contributed by atoms with Gasteiger partial charge in [-0.3, -0.25) is 9.59 Å². The standard InChI is InChI=1S/C21H21F3N2O3/c1-12-7-8-14(9-16(12)11-25-13(2)27)19(28)26-18-17-6-4-3-5-15(17)10-20(18,29)21(22,23)24/h3-9,18,29H,10-11H2,1-2H3,(H,25,27)(H,26,28). The first-order valence-electron chi connectivity index (χ1n) is 9.04. The van der Waals surface area contributed by atoms with Gasteiger partial charge in [0.25, 0.3) is 5.91 Å². The average molecular weight is 406 g/mol. The van der Waals surface area contributed by atoms with Crippen LogP contribution >= 0.6 is 0 Å². The van der Waals surface area contributed by atoms with Gasteiger partial charge in [-0.1, -0.05) is 30.3 Å². The molecule has 0 saturated carbocycles. The normalized spacial score (nSPS) is 20.8. The number of nitrogens with one attached hydrogen (secondary N) is 2. The summed E-state index contributed by atoms with van der Waals surface area (Å²) in [5.41, 5.74) is -0.862. The van der Waals surface area contributed by atoms with Crippen molar-refractivity contribution >= 4 is 11.8 Å². The van der Waals surface area contributed by atoms with Crippen molar-refractivity contribution in [2.45, 2.75) is 44.6 Å². The van der Waals surface area contributed by atoms with Crippen LogP contribution in [0.4, 0.5) is 13.2 Å². The van der Waals surface area contributed by atoms with Crippen molar-refractivity contribution in [3.8, 4) is 0 Å². The molecule has 5 nitrogen and oxygen atoms in total. The number of hydrogen-bond acceptors (Lipinski definition) is 3. The zero-order valence-corrected chi connectivity index (χ0v) is 15.9. The van der Waals surface area contributed by atoms with Gasteiger partial charge in [0.05, 0.1) is 6.04 Å². The summed E-state index contributed by atoms with van der Waals surface area (Å²) in [4.78, 5) is 23.9. The second kappa shape index (κ2) is 7.51. The molecule has 8 heteroatoms. The number of amides is 2. The van der Waals surface area contributed by atoms with Crippen molar-refractivity contribution in [1.82, 2.24) is 10.6 Å². The number of carbonyl (C=O) groups excluding carboxylic acids is 2. The van der Waals surface area contributed by atoms with Gasteiger partial charge in [-0.05, 0) is 41.3 Å². The minimum atomic E-state index is -4.92. The Balaban J connectivity index is 1.90. The lowest BCUT2D eigenvalue weighted by atomic mass is 9.93. The van der Waals surface area contributed by atoms with Crippen molar-refractivity contribution < 1.29 is 27.9 Å². The Morgan fingerprint density at radius 1 is 1.21 bits per heavy atom. The molecule has 1 aliphatic carbocycles. The molecule has 2 aromatic carbocycles. The lowest BCUT2D eigenvalue weighted by molar-refractivity contribution is -0.266. The zero-order chi connectivity index (χ0) is 21.4. The van der Waals surface area contributed by atoms with E-state index < -0.39 is 30.1 Å². The molecular formula is C21H21F3N2O3. The fourth-order valence-electron chi connectivity index (χ4n) is 3.52. The maximum absolute atomic E-state index is 13.7. The molecule has 2 aromatic rings. The molecule has 2 atom stereocenters. The number of alkyl halides is 3. The fourth-order valence-corrected chi connectivity index (χ4v) is 3.52. The van der Waals surface area contributed by atoms with E-state index in [2.05, 4.69) is 10.6 Å². The summed E-state index contributed by atoms with van der Waals surface area (Å²) in [6.07, 6.45) is -5.55. The Morgan fingerprint density at radius 2 is 1.90 bits per heavy atom. The molecule has 2 unspecified atom stereocenters. The first kappa shape index (κ1) is 20.9. The Kier molecular flexibility index (Phi) is 5.40. The van der Waals surface area contributed by atoms with E-state index in [1.807, 2.05) is 0 Å². The molecular weight excluding hydrogens is 385 g/mol. The molecule has 0 aromatic heterocycles. The highest BCUT2D eigenvalue weighted by molar-refractivity contribution is 5.95. The van der Waals surface area contributed by atoms with E-state index in [0.29, 0.717) is 11.1 Å². The number of rotatable bonds is 4. The monoisotopic (exact) mass is 406 g/mol. The number of halogens is 3.